The number of benzene rings is 3. The molecule has 4 aromatic rings. The maximum Gasteiger partial charge on any atom is 0.231 e. The van der Waals surface area contributed by atoms with E-state index in [-0.39, 0.29) is 5.92 Å². The molecular formula is C24H19ClN4S. The Balaban J connectivity index is 1.49. The van der Waals surface area contributed by atoms with E-state index < -0.39 is 0 Å². The number of fused-ring (bicyclic) bond motifs is 1. The van der Waals surface area contributed by atoms with E-state index in [9.17, 15) is 5.26 Å². The fourth-order valence-electron chi connectivity index (χ4n) is 3.27. The molecule has 0 amide bonds. The van der Waals surface area contributed by atoms with E-state index in [1.807, 2.05) is 42.5 Å². The van der Waals surface area contributed by atoms with Gasteiger partial charge in [0.15, 0.2) is 0 Å². The van der Waals surface area contributed by atoms with Gasteiger partial charge in [-0.05, 0) is 54.8 Å². The molecule has 148 valence electrons. The van der Waals surface area contributed by atoms with Gasteiger partial charge in [-0.3, -0.25) is 0 Å². The summed E-state index contributed by atoms with van der Waals surface area (Å²) in [6, 6.07) is 24.3. The number of aryl methyl sites for hydroxylation is 1. The highest BCUT2D eigenvalue weighted by atomic mass is 35.5. The van der Waals surface area contributed by atoms with Crippen molar-refractivity contribution >= 4 is 44.0 Å². The molecule has 0 aliphatic carbocycles. The lowest BCUT2D eigenvalue weighted by atomic mass is 9.89. The lowest BCUT2D eigenvalue weighted by Crippen LogP contribution is -2.02. The summed E-state index contributed by atoms with van der Waals surface area (Å²) in [6.07, 6.45) is 1.31. The third-order valence-electron chi connectivity index (χ3n) is 4.90. The highest BCUT2D eigenvalue weighted by Crippen LogP contribution is 2.32. The zero-order valence-corrected chi connectivity index (χ0v) is 18.0. The summed E-state index contributed by atoms with van der Waals surface area (Å²) in [4.78, 5) is 4.46. The van der Waals surface area contributed by atoms with Crippen LogP contribution in [0.1, 0.15) is 29.0 Å². The third-order valence-corrected chi connectivity index (χ3v) is 6.03. The molecule has 4 nitrogen and oxygen atoms in total. The summed E-state index contributed by atoms with van der Waals surface area (Å²) in [6.45, 7) is 2.08. The van der Waals surface area contributed by atoms with Crippen molar-refractivity contribution in [2.75, 3.05) is 0 Å². The monoisotopic (exact) mass is 430 g/mol. The van der Waals surface area contributed by atoms with Gasteiger partial charge in [-0.2, -0.15) is 5.26 Å². The predicted molar refractivity (Wildman–Crippen MR) is 123 cm³/mol. The smallest absolute Gasteiger partial charge is 0.217 e. The van der Waals surface area contributed by atoms with Crippen LogP contribution in [0.25, 0.3) is 10.2 Å². The molecule has 1 aromatic heterocycles. The Morgan fingerprint density at radius 2 is 1.80 bits per heavy atom. The van der Waals surface area contributed by atoms with Gasteiger partial charge >= 0.3 is 0 Å². The van der Waals surface area contributed by atoms with E-state index >= 15 is 0 Å². The molecule has 0 saturated heterocycles. The molecule has 4 rings (SSSR count). The Kier molecular flexibility index (Phi) is 6.18. The second-order valence-electron chi connectivity index (χ2n) is 7.15. The SMILES string of the molecule is Cc1ccc(CC(CC#N)c2ccc(N=Nc3nc4ccc(Cl)cc4s3)cc2)cc1. The molecule has 6 heteroatoms. The number of halogens is 1. The number of azo groups is 1. The maximum atomic E-state index is 9.26. The van der Waals surface area contributed by atoms with Crippen LogP contribution in [0.4, 0.5) is 10.8 Å². The van der Waals surface area contributed by atoms with Crippen molar-refractivity contribution in [2.45, 2.75) is 25.7 Å². The first-order valence-corrected chi connectivity index (χ1v) is 10.8. The van der Waals surface area contributed by atoms with Crippen LogP contribution in [-0.2, 0) is 6.42 Å². The van der Waals surface area contributed by atoms with Crippen molar-refractivity contribution in [1.29, 1.82) is 5.26 Å². The number of nitrogens with zero attached hydrogens (tertiary/aromatic N) is 4. The molecule has 0 aliphatic heterocycles. The largest absolute Gasteiger partial charge is 0.231 e. The van der Waals surface area contributed by atoms with E-state index in [2.05, 4.69) is 52.5 Å². The Morgan fingerprint density at radius 1 is 1.03 bits per heavy atom. The van der Waals surface area contributed by atoms with Gasteiger partial charge in [0.1, 0.15) is 0 Å². The van der Waals surface area contributed by atoms with Crippen molar-refractivity contribution in [3.8, 4) is 6.07 Å². The summed E-state index contributed by atoms with van der Waals surface area (Å²) in [7, 11) is 0. The summed E-state index contributed by atoms with van der Waals surface area (Å²) in [5.41, 5.74) is 5.22. The first-order valence-electron chi connectivity index (χ1n) is 9.61. The lowest BCUT2D eigenvalue weighted by Gasteiger charge is -2.14. The maximum absolute atomic E-state index is 9.26. The molecule has 3 aromatic carbocycles. The van der Waals surface area contributed by atoms with Gasteiger partial charge in [-0.25, -0.2) is 4.98 Å². The van der Waals surface area contributed by atoms with Crippen LogP contribution in [0, 0.1) is 18.3 Å². The molecule has 0 N–H and O–H groups in total. The Morgan fingerprint density at radius 3 is 2.53 bits per heavy atom. The minimum atomic E-state index is 0.151. The van der Waals surface area contributed by atoms with E-state index in [1.165, 1.54) is 22.5 Å². The molecule has 0 aliphatic rings. The minimum Gasteiger partial charge on any atom is -0.217 e. The van der Waals surface area contributed by atoms with Gasteiger partial charge < -0.3 is 0 Å². The third kappa shape index (κ3) is 4.91. The Bertz CT molecular complexity index is 1220. The highest BCUT2D eigenvalue weighted by Gasteiger charge is 2.12. The molecular weight excluding hydrogens is 412 g/mol. The molecule has 30 heavy (non-hydrogen) atoms. The average molecular weight is 431 g/mol. The summed E-state index contributed by atoms with van der Waals surface area (Å²) < 4.78 is 0.988. The standard InChI is InChI=1S/C24H19ClN4S/c1-16-2-4-17(5-3-16)14-19(12-13-26)18-6-9-21(10-7-18)28-29-24-27-22-11-8-20(25)15-23(22)30-24/h2-11,15,19H,12,14H2,1H3. The number of nitriles is 1. The van der Waals surface area contributed by atoms with Crippen molar-refractivity contribution in [3.05, 3.63) is 88.4 Å². The summed E-state index contributed by atoms with van der Waals surface area (Å²) in [5.74, 6) is 0.151. The lowest BCUT2D eigenvalue weighted by molar-refractivity contribution is 0.702. The first-order chi connectivity index (χ1) is 14.6. The molecule has 0 bridgehead atoms. The number of hydrogen-bond acceptors (Lipinski definition) is 5. The Labute approximate surface area is 184 Å². The van der Waals surface area contributed by atoms with Crippen LogP contribution < -0.4 is 0 Å². The number of thiazole rings is 1. The van der Waals surface area contributed by atoms with Crippen molar-refractivity contribution in [1.82, 2.24) is 4.98 Å². The zero-order chi connectivity index (χ0) is 20.9. The van der Waals surface area contributed by atoms with E-state index in [0.29, 0.717) is 16.6 Å². The van der Waals surface area contributed by atoms with Gasteiger partial charge in [0.2, 0.25) is 5.13 Å². The average Bonchev–Trinajstić information content (AvgIpc) is 3.16. The van der Waals surface area contributed by atoms with Crippen LogP contribution in [-0.4, -0.2) is 4.98 Å². The highest BCUT2D eigenvalue weighted by molar-refractivity contribution is 7.21. The minimum absolute atomic E-state index is 0.151. The number of hydrogen-bond donors (Lipinski definition) is 0. The van der Waals surface area contributed by atoms with Gasteiger partial charge in [0.25, 0.3) is 0 Å². The van der Waals surface area contributed by atoms with Crippen LogP contribution in [0.3, 0.4) is 0 Å². The number of rotatable bonds is 6. The quantitative estimate of drug-likeness (QED) is 0.291. The van der Waals surface area contributed by atoms with Crippen LogP contribution in [0.5, 0.6) is 0 Å². The van der Waals surface area contributed by atoms with E-state index in [4.69, 9.17) is 11.6 Å². The second kappa shape index (κ2) is 9.17. The Hall–Kier alpha value is -3.07. The van der Waals surface area contributed by atoms with Crippen molar-refractivity contribution in [2.24, 2.45) is 10.2 Å². The predicted octanol–water partition coefficient (Wildman–Crippen LogP) is 7.91. The second-order valence-corrected chi connectivity index (χ2v) is 8.59. The van der Waals surface area contributed by atoms with Crippen LogP contribution in [0.2, 0.25) is 5.02 Å². The molecule has 0 saturated carbocycles. The molecule has 0 spiro atoms. The van der Waals surface area contributed by atoms with Crippen LogP contribution >= 0.6 is 22.9 Å². The van der Waals surface area contributed by atoms with Gasteiger partial charge in [0, 0.05) is 17.4 Å². The van der Waals surface area contributed by atoms with Crippen molar-refractivity contribution in [3.63, 3.8) is 0 Å². The molecule has 0 radical (unpaired) electrons. The summed E-state index contributed by atoms with van der Waals surface area (Å²) >= 11 is 7.48. The molecule has 1 unspecified atom stereocenters. The molecule has 1 heterocycles. The van der Waals surface area contributed by atoms with E-state index in [1.54, 1.807) is 0 Å². The topological polar surface area (TPSA) is 61.4 Å². The molecule has 1 atom stereocenters. The van der Waals surface area contributed by atoms with E-state index in [0.717, 1.165) is 27.9 Å². The van der Waals surface area contributed by atoms with Crippen molar-refractivity contribution < 1.29 is 0 Å². The fourth-order valence-corrected chi connectivity index (χ4v) is 4.33. The van der Waals surface area contributed by atoms with Gasteiger partial charge in [-0.1, -0.05) is 64.9 Å². The number of aromatic nitrogens is 1. The zero-order valence-electron chi connectivity index (χ0n) is 16.4. The fraction of sp³-hybridized carbons (Fsp3) is 0.167. The normalized spacial score (nSPS) is 12.3. The van der Waals surface area contributed by atoms with Gasteiger partial charge in [0.05, 0.1) is 22.0 Å². The van der Waals surface area contributed by atoms with Gasteiger partial charge in [-0.15, -0.1) is 10.2 Å². The first kappa shape index (κ1) is 20.2. The van der Waals surface area contributed by atoms with Crippen LogP contribution in [0.15, 0.2) is 77.0 Å². The molecule has 0 fully saturated rings. The summed E-state index contributed by atoms with van der Waals surface area (Å²) in [5, 5.41) is 19.1.